The summed E-state index contributed by atoms with van der Waals surface area (Å²) in [5, 5.41) is 4.52. The van der Waals surface area contributed by atoms with Gasteiger partial charge in [-0.15, -0.1) is 12.4 Å². The monoisotopic (exact) mass is 419 g/mol. The Hall–Kier alpha value is -1.17. The Labute approximate surface area is 171 Å². The molecule has 2 aromatic carbocycles. The molecule has 144 valence electrons. The van der Waals surface area contributed by atoms with E-state index in [1.165, 1.54) is 0 Å². The minimum absolute atomic E-state index is 0. The summed E-state index contributed by atoms with van der Waals surface area (Å²) in [5.41, 5.74) is 1.93. The SMILES string of the molecule is COCCCNCc1cc(Cl)c(OCc2ccccc2Cl)c(OC)c1.Cl. The van der Waals surface area contributed by atoms with E-state index in [1.54, 1.807) is 14.2 Å². The molecule has 0 bridgehead atoms. The molecule has 4 nitrogen and oxygen atoms in total. The lowest BCUT2D eigenvalue weighted by atomic mass is 10.2. The van der Waals surface area contributed by atoms with Gasteiger partial charge in [-0.05, 0) is 36.7 Å². The second-order valence-electron chi connectivity index (χ2n) is 5.51. The zero-order chi connectivity index (χ0) is 18.1. The van der Waals surface area contributed by atoms with E-state index in [-0.39, 0.29) is 12.4 Å². The summed E-state index contributed by atoms with van der Waals surface area (Å²) < 4.78 is 16.3. The molecule has 26 heavy (non-hydrogen) atoms. The van der Waals surface area contributed by atoms with Gasteiger partial charge in [0.25, 0.3) is 0 Å². The van der Waals surface area contributed by atoms with Gasteiger partial charge in [0.1, 0.15) is 6.61 Å². The number of methoxy groups -OCH3 is 2. The van der Waals surface area contributed by atoms with Crippen LogP contribution in [0, 0.1) is 0 Å². The number of benzene rings is 2. The molecule has 0 radical (unpaired) electrons. The zero-order valence-electron chi connectivity index (χ0n) is 14.9. The Kier molecular flexibility index (Phi) is 10.8. The van der Waals surface area contributed by atoms with Crippen molar-refractivity contribution in [3.05, 3.63) is 57.6 Å². The van der Waals surface area contributed by atoms with E-state index < -0.39 is 0 Å². The number of nitrogens with one attached hydrogen (secondary N) is 1. The molecule has 2 aromatic rings. The normalized spacial score (nSPS) is 10.3. The van der Waals surface area contributed by atoms with Crippen LogP contribution in [0.1, 0.15) is 17.5 Å². The molecule has 0 unspecified atom stereocenters. The second-order valence-corrected chi connectivity index (χ2v) is 6.33. The molecule has 0 aliphatic heterocycles. The average Bonchev–Trinajstić information content (AvgIpc) is 2.61. The van der Waals surface area contributed by atoms with Crippen molar-refractivity contribution in [2.75, 3.05) is 27.4 Å². The fourth-order valence-electron chi connectivity index (χ4n) is 2.35. The van der Waals surface area contributed by atoms with E-state index in [4.69, 9.17) is 37.4 Å². The largest absolute Gasteiger partial charge is 0.493 e. The summed E-state index contributed by atoms with van der Waals surface area (Å²) in [6.45, 7) is 2.64. The Morgan fingerprint density at radius 3 is 2.50 bits per heavy atom. The van der Waals surface area contributed by atoms with Gasteiger partial charge < -0.3 is 19.5 Å². The quantitative estimate of drug-likeness (QED) is 0.541. The molecule has 0 spiro atoms. The van der Waals surface area contributed by atoms with Crippen molar-refractivity contribution in [2.24, 2.45) is 0 Å². The lowest BCUT2D eigenvalue weighted by Gasteiger charge is -2.15. The van der Waals surface area contributed by atoms with E-state index in [0.717, 1.165) is 30.7 Å². The first-order valence-corrected chi connectivity index (χ1v) is 8.83. The van der Waals surface area contributed by atoms with Crippen molar-refractivity contribution in [3.8, 4) is 11.5 Å². The fraction of sp³-hybridized carbons (Fsp3) is 0.368. The molecule has 0 aliphatic carbocycles. The Bertz CT molecular complexity index is 683. The van der Waals surface area contributed by atoms with Gasteiger partial charge in [0.05, 0.1) is 12.1 Å². The maximum atomic E-state index is 6.40. The maximum absolute atomic E-state index is 6.40. The summed E-state index contributed by atoms with van der Waals surface area (Å²) in [4.78, 5) is 0. The molecule has 7 heteroatoms. The van der Waals surface area contributed by atoms with Gasteiger partial charge in [-0.25, -0.2) is 0 Å². The molecule has 0 fully saturated rings. The summed E-state index contributed by atoms with van der Waals surface area (Å²) in [7, 11) is 3.30. The molecule has 1 N–H and O–H groups in total. The van der Waals surface area contributed by atoms with Crippen LogP contribution < -0.4 is 14.8 Å². The van der Waals surface area contributed by atoms with Crippen LogP contribution in [0.3, 0.4) is 0 Å². The Morgan fingerprint density at radius 2 is 1.81 bits per heavy atom. The highest BCUT2D eigenvalue weighted by molar-refractivity contribution is 6.32. The third kappa shape index (κ3) is 6.86. The molecule has 0 atom stereocenters. The van der Waals surface area contributed by atoms with Crippen LogP contribution in [-0.4, -0.2) is 27.4 Å². The van der Waals surface area contributed by atoms with Crippen molar-refractivity contribution >= 4 is 35.6 Å². The Morgan fingerprint density at radius 1 is 1.04 bits per heavy atom. The first-order valence-electron chi connectivity index (χ1n) is 8.08. The van der Waals surface area contributed by atoms with Crippen LogP contribution in [-0.2, 0) is 17.9 Å². The highest BCUT2D eigenvalue weighted by Gasteiger charge is 2.13. The van der Waals surface area contributed by atoms with E-state index in [2.05, 4.69) is 5.32 Å². The highest BCUT2D eigenvalue weighted by Crippen LogP contribution is 2.37. The van der Waals surface area contributed by atoms with Crippen molar-refractivity contribution in [1.82, 2.24) is 5.32 Å². The van der Waals surface area contributed by atoms with Crippen molar-refractivity contribution in [2.45, 2.75) is 19.6 Å². The van der Waals surface area contributed by atoms with Crippen molar-refractivity contribution in [1.29, 1.82) is 0 Å². The van der Waals surface area contributed by atoms with Crippen LogP contribution in [0.25, 0.3) is 0 Å². The molecule has 2 rings (SSSR count). The summed E-state index contributed by atoms with van der Waals surface area (Å²) in [6, 6.07) is 11.4. The molecule has 0 aliphatic rings. The molecule has 0 saturated heterocycles. The number of hydrogen-bond donors (Lipinski definition) is 1. The van der Waals surface area contributed by atoms with Crippen LogP contribution >= 0.6 is 35.6 Å². The van der Waals surface area contributed by atoms with Crippen LogP contribution in [0.15, 0.2) is 36.4 Å². The van der Waals surface area contributed by atoms with E-state index >= 15 is 0 Å². The first kappa shape index (κ1) is 22.9. The van der Waals surface area contributed by atoms with Gasteiger partial charge in [0.2, 0.25) is 0 Å². The number of rotatable bonds is 10. The van der Waals surface area contributed by atoms with Gasteiger partial charge >= 0.3 is 0 Å². The summed E-state index contributed by atoms with van der Waals surface area (Å²) in [6.07, 6.45) is 0.959. The maximum Gasteiger partial charge on any atom is 0.180 e. The minimum Gasteiger partial charge on any atom is -0.493 e. The third-order valence-corrected chi connectivity index (χ3v) is 4.30. The van der Waals surface area contributed by atoms with Gasteiger partial charge in [0, 0.05) is 30.8 Å². The van der Waals surface area contributed by atoms with Crippen LogP contribution in [0.5, 0.6) is 11.5 Å². The van der Waals surface area contributed by atoms with E-state index in [0.29, 0.717) is 34.7 Å². The van der Waals surface area contributed by atoms with Gasteiger partial charge in [-0.1, -0.05) is 41.4 Å². The third-order valence-electron chi connectivity index (χ3n) is 3.65. The lowest BCUT2D eigenvalue weighted by molar-refractivity contribution is 0.194. The average molecular weight is 421 g/mol. The predicted molar refractivity (Wildman–Crippen MR) is 109 cm³/mol. The van der Waals surface area contributed by atoms with Gasteiger partial charge in [-0.2, -0.15) is 0 Å². The molecule has 0 amide bonds. The first-order chi connectivity index (χ1) is 12.2. The van der Waals surface area contributed by atoms with Gasteiger partial charge in [-0.3, -0.25) is 0 Å². The zero-order valence-corrected chi connectivity index (χ0v) is 17.2. The van der Waals surface area contributed by atoms with Crippen LogP contribution in [0.4, 0.5) is 0 Å². The fourth-order valence-corrected chi connectivity index (χ4v) is 2.83. The molecule has 0 saturated carbocycles. The van der Waals surface area contributed by atoms with E-state index in [9.17, 15) is 0 Å². The van der Waals surface area contributed by atoms with Crippen LogP contribution in [0.2, 0.25) is 10.0 Å². The topological polar surface area (TPSA) is 39.7 Å². The molecular weight excluding hydrogens is 397 g/mol. The van der Waals surface area contributed by atoms with Crippen molar-refractivity contribution in [3.63, 3.8) is 0 Å². The predicted octanol–water partition coefficient (Wildman–Crippen LogP) is 5.13. The summed E-state index contributed by atoms with van der Waals surface area (Å²) in [5.74, 6) is 1.13. The Balaban J connectivity index is 0.00000338. The second kappa shape index (κ2) is 12.3. The smallest absolute Gasteiger partial charge is 0.180 e. The molecule has 0 heterocycles. The minimum atomic E-state index is 0. The molecule has 0 aromatic heterocycles. The van der Waals surface area contributed by atoms with Gasteiger partial charge in [0.15, 0.2) is 11.5 Å². The lowest BCUT2D eigenvalue weighted by Crippen LogP contribution is -2.16. The number of halogens is 3. The summed E-state index contributed by atoms with van der Waals surface area (Å²) >= 11 is 12.6. The standard InChI is InChI=1S/C19H23Cl2NO3.ClH/c1-23-9-5-8-22-12-14-10-17(21)19(18(11-14)24-2)25-13-15-6-3-4-7-16(15)20;/h3-4,6-7,10-11,22H,5,8-9,12-13H2,1-2H3;1H. The molecular formula is C19H24Cl3NO3. The number of hydrogen-bond acceptors (Lipinski definition) is 4. The number of ether oxygens (including phenoxy) is 3. The highest BCUT2D eigenvalue weighted by atomic mass is 35.5. The van der Waals surface area contributed by atoms with E-state index in [1.807, 2.05) is 36.4 Å². The van der Waals surface area contributed by atoms with Crippen molar-refractivity contribution < 1.29 is 14.2 Å².